The van der Waals surface area contributed by atoms with Crippen LogP contribution in [0.4, 0.5) is 0 Å². The van der Waals surface area contributed by atoms with E-state index in [-0.39, 0.29) is 12.2 Å². The Balaban J connectivity index is 1.82. The van der Waals surface area contributed by atoms with E-state index >= 15 is 0 Å². The highest BCUT2D eigenvalue weighted by molar-refractivity contribution is 4.92. The Hall–Kier alpha value is -0.160. The zero-order valence-corrected chi connectivity index (χ0v) is 10.6. The summed E-state index contributed by atoms with van der Waals surface area (Å²) < 4.78 is 10.9. The van der Waals surface area contributed by atoms with Gasteiger partial charge in [0.2, 0.25) is 0 Å². The van der Waals surface area contributed by atoms with E-state index in [9.17, 15) is 0 Å². The van der Waals surface area contributed by atoms with Gasteiger partial charge in [-0.2, -0.15) is 0 Å². The molecule has 2 rings (SSSR count). The molecule has 2 aliphatic rings. The molecule has 0 amide bonds. The van der Waals surface area contributed by atoms with Gasteiger partial charge >= 0.3 is 0 Å². The van der Waals surface area contributed by atoms with E-state index in [1.807, 2.05) is 0 Å². The minimum atomic E-state index is 0.238. The molecule has 4 heteroatoms. The molecule has 1 saturated carbocycles. The van der Waals surface area contributed by atoms with Crippen molar-refractivity contribution in [2.75, 3.05) is 40.9 Å². The van der Waals surface area contributed by atoms with Crippen molar-refractivity contribution in [1.82, 2.24) is 10.2 Å². The zero-order chi connectivity index (χ0) is 11.5. The van der Waals surface area contributed by atoms with Crippen molar-refractivity contribution in [1.29, 1.82) is 0 Å². The average molecular weight is 228 g/mol. The molecule has 3 atom stereocenters. The first-order chi connectivity index (χ1) is 7.78. The first-order valence-corrected chi connectivity index (χ1v) is 6.23. The molecule has 0 aromatic rings. The summed E-state index contributed by atoms with van der Waals surface area (Å²) in [7, 11) is 5.62. The van der Waals surface area contributed by atoms with Crippen LogP contribution in [-0.4, -0.2) is 64.1 Å². The van der Waals surface area contributed by atoms with E-state index in [1.54, 1.807) is 14.2 Å². The van der Waals surface area contributed by atoms with Crippen molar-refractivity contribution < 1.29 is 9.47 Å². The molecule has 0 spiro atoms. The molecular weight excluding hydrogens is 204 g/mol. The van der Waals surface area contributed by atoms with Crippen LogP contribution in [0.25, 0.3) is 0 Å². The molecule has 2 fully saturated rings. The topological polar surface area (TPSA) is 33.7 Å². The molecule has 0 aromatic heterocycles. The first kappa shape index (κ1) is 12.3. The minimum absolute atomic E-state index is 0.238. The summed E-state index contributed by atoms with van der Waals surface area (Å²) in [4.78, 5) is 2.46. The van der Waals surface area contributed by atoms with E-state index in [0.717, 1.165) is 25.6 Å². The highest BCUT2D eigenvalue weighted by Gasteiger charge is 2.37. The molecule has 0 aromatic carbocycles. The van der Waals surface area contributed by atoms with Crippen LogP contribution >= 0.6 is 0 Å². The Bertz CT molecular complexity index is 209. The molecule has 1 saturated heterocycles. The third-order valence-corrected chi connectivity index (χ3v) is 3.91. The van der Waals surface area contributed by atoms with Gasteiger partial charge in [0.15, 0.2) is 0 Å². The van der Waals surface area contributed by atoms with Gasteiger partial charge in [-0.3, -0.25) is 4.90 Å². The van der Waals surface area contributed by atoms with E-state index < -0.39 is 0 Å². The summed E-state index contributed by atoms with van der Waals surface area (Å²) in [6.07, 6.45) is 3.25. The number of methoxy groups -OCH3 is 2. The van der Waals surface area contributed by atoms with E-state index in [0.29, 0.717) is 6.04 Å². The van der Waals surface area contributed by atoms with Crippen LogP contribution in [0, 0.1) is 5.92 Å². The quantitative estimate of drug-likeness (QED) is 0.710. The van der Waals surface area contributed by atoms with Crippen LogP contribution in [0.15, 0.2) is 0 Å². The summed E-state index contributed by atoms with van der Waals surface area (Å²) in [6.45, 7) is 3.13. The standard InChI is InChI=1S/C12H24N2O2/c1-13-10(9-4-5-9)6-14-7-11(15-2)12(8-14)16-3/h9-13H,4-8H2,1-3H3. The maximum Gasteiger partial charge on any atom is 0.0971 e. The first-order valence-electron chi connectivity index (χ1n) is 6.23. The summed E-state index contributed by atoms with van der Waals surface area (Å²) in [6, 6.07) is 0.646. The maximum absolute atomic E-state index is 5.45. The Morgan fingerprint density at radius 2 is 1.75 bits per heavy atom. The third-order valence-electron chi connectivity index (χ3n) is 3.91. The normalized spacial score (nSPS) is 33.2. The highest BCUT2D eigenvalue weighted by Crippen LogP contribution is 2.33. The van der Waals surface area contributed by atoms with Crippen LogP contribution in [-0.2, 0) is 9.47 Å². The Morgan fingerprint density at radius 1 is 1.19 bits per heavy atom. The monoisotopic (exact) mass is 228 g/mol. The number of rotatable bonds is 6. The number of hydrogen-bond donors (Lipinski definition) is 1. The van der Waals surface area contributed by atoms with Crippen LogP contribution in [0.3, 0.4) is 0 Å². The molecule has 1 aliphatic heterocycles. The number of likely N-dealkylation sites (tertiary alicyclic amines) is 1. The van der Waals surface area contributed by atoms with Crippen molar-refractivity contribution in [3.8, 4) is 0 Å². The summed E-state index contributed by atoms with van der Waals surface area (Å²) in [5.41, 5.74) is 0. The van der Waals surface area contributed by atoms with Gasteiger partial charge in [-0.25, -0.2) is 0 Å². The SMILES string of the molecule is CNC(CN1CC(OC)C(OC)C1)C1CC1. The lowest BCUT2D eigenvalue weighted by molar-refractivity contribution is -0.00461. The molecule has 0 radical (unpaired) electrons. The highest BCUT2D eigenvalue weighted by atomic mass is 16.5. The maximum atomic E-state index is 5.45. The van der Waals surface area contributed by atoms with Gasteiger partial charge in [0, 0.05) is 39.9 Å². The summed E-state index contributed by atoms with van der Waals surface area (Å²) in [5, 5.41) is 3.43. The van der Waals surface area contributed by atoms with Gasteiger partial charge in [-0.1, -0.05) is 0 Å². The van der Waals surface area contributed by atoms with Gasteiger partial charge in [0.1, 0.15) is 0 Å². The van der Waals surface area contributed by atoms with Crippen molar-refractivity contribution in [2.45, 2.75) is 31.1 Å². The molecule has 94 valence electrons. The molecule has 0 bridgehead atoms. The van der Waals surface area contributed by atoms with Crippen molar-refractivity contribution in [3.05, 3.63) is 0 Å². The largest absolute Gasteiger partial charge is 0.377 e. The number of likely N-dealkylation sites (N-methyl/N-ethyl adjacent to an activating group) is 1. The lowest BCUT2D eigenvalue weighted by Gasteiger charge is -2.23. The molecular formula is C12H24N2O2. The predicted octanol–water partition coefficient (Wildman–Crippen LogP) is 0.330. The summed E-state index contributed by atoms with van der Waals surface area (Å²) in [5.74, 6) is 0.896. The van der Waals surface area contributed by atoms with Gasteiger partial charge < -0.3 is 14.8 Å². The van der Waals surface area contributed by atoms with Gasteiger partial charge in [0.25, 0.3) is 0 Å². The van der Waals surface area contributed by atoms with Crippen LogP contribution in [0.2, 0.25) is 0 Å². The summed E-state index contributed by atoms with van der Waals surface area (Å²) >= 11 is 0. The average Bonchev–Trinajstić information content (AvgIpc) is 3.07. The second-order valence-corrected chi connectivity index (χ2v) is 5.00. The van der Waals surface area contributed by atoms with E-state index in [2.05, 4.69) is 17.3 Å². The van der Waals surface area contributed by atoms with Crippen LogP contribution in [0.1, 0.15) is 12.8 Å². The molecule has 1 N–H and O–H groups in total. The number of ether oxygens (including phenoxy) is 2. The zero-order valence-electron chi connectivity index (χ0n) is 10.6. The minimum Gasteiger partial charge on any atom is -0.377 e. The lowest BCUT2D eigenvalue weighted by Crippen LogP contribution is -2.40. The number of hydrogen-bond acceptors (Lipinski definition) is 4. The molecule has 1 heterocycles. The van der Waals surface area contributed by atoms with E-state index in [1.165, 1.54) is 12.8 Å². The van der Waals surface area contributed by atoms with Crippen molar-refractivity contribution in [3.63, 3.8) is 0 Å². The van der Waals surface area contributed by atoms with Crippen LogP contribution in [0.5, 0.6) is 0 Å². The lowest BCUT2D eigenvalue weighted by atomic mass is 10.2. The second-order valence-electron chi connectivity index (χ2n) is 5.00. The fourth-order valence-corrected chi connectivity index (χ4v) is 2.67. The van der Waals surface area contributed by atoms with Gasteiger partial charge in [-0.15, -0.1) is 0 Å². The Labute approximate surface area is 98.3 Å². The van der Waals surface area contributed by atoms with Crippen LogP contribution < -0.4 is 5.32 Å². The molecule has 3 unspecified atom stereocenters. The Kier molecular flexibility index (Phi) is 4.19. The molecule has 4 nitrogen and oxygen atoms in total. The number of nitrogens with zero attached hydrogens (tertiary/aromatic N) is 1. The second kappa shape index (κ2) is 5.45. The molecule has 16 heavy (non-hydrogen) atoms. The molecule has 1 aliphatic carbocycles. The van der Waals surface area contributed by atoms with Gasteiger partial charge in [-0.05, 0) is 25.8 Å². The fourth-order valence-electron chi connectivity index (χ4n) is 2.67. The van der Waals surface area contributed by atoms with E-state index in [4.69, 9.17) is 9.47 Å². The Morgan fingerprint density at radius 3 is 2.12 bits per heavy atom. The predicted molar refractivity (Wildman–Crippen MR) is 63.6 cm³/mol. The van der Waals surface area contributed by atoms with Crippen molar-refractivity contribution in [2.24, 2.45) is 5.92 Å². The fraction of sp³-hybridized carbons (Fsp3) is 1.00. The van der Waals surface area contributed by atoms with Crippen molar-refractivity contribution >= 4 is 0 Å². The third kappa shape index (κ3) is 2.74. The smallest absolute Gasteiger partial charge is 0.0971 e. The number of nitrogens with one attached hydrogen (secondary N) is 1. The van der Waals surface area contributed by atoms with Gasteiger partial charge in [0.05, 0.1) is 12.2 Å².